The third-order valence-corrected chi connectivity index (χ3v) is 3.72. The Bertz CT molecular complexity index is 507. The number of piperidine rings is 1. The first-order valence-electron chi connectivity index (χ1n) is 6.94. The molecule has 1 aromatic rings. The Balaban J connectivity index is 1.95. The fourth-order valence-corrected chi connectivity index (χ4v) is 2.52. The molecule has 2 heterocycles. The molecular formula is C14H18BrN3O3. The van der Waals surface area contributed by atoms with Crippen molar-refractivity contribution in [1.82, 2.24) is 15.2 Å². The molecule has 0 aliphatic carbocycles. The van der Waals surface area contributed by atoms with E-state index in [-0.39, 0.29) is 11.9 Å². The second-order valence-electron chi connectivity index (χ2n) is 4.82. The van der Waals surface area contributed by atoms with Gasteiger partial charge in [-0.1, -0.05) is 0 Å². The van der Waals surface area contributed by atoms with Crippen LogP contribution in [-0.4, -0.2) is 47.6 Å². The summed E-state index contributed by atoms with van der Waals surface area (Å²) in [6.07, 6.45) is 2.86. The topological polar surface area (TPSA) is 71.5 Å². The molecule has 2 rings (SSSR count). The summed E-state index contributed by atoms with van der Waals surface area (Å²) in [4.78, 5) is 29.7. The van der Waals surface area contributed by atoms with Crippen LogP contribution in [0.1, 0.15) is 30.3 Å². The van der Waals surface area contributed by atoms with E-state index in [0.717, 1.165) is 17.3 Å². The molecule has 1 aromatic heterocycles. The van der Waals surface area contributed by atoms with Crippen LogP contribution in [-0.2, 0) is 4.74 Å². The number of ether oxygens (including phenoxy) is 1. The molecule has 0 bridgehead atoms. The van der Waals surface area contributed by atoms with E-state index < -0.39 is 6.09 Å². The van der Waals surface area contributed by atoms with Gasteiger partial charge in [0.05, 0.1) is 6.61 Å². The minimum absolute atomic E-state index is 0.0720. The average Bonchev–Trinajstić information content (AvgIpc) is 2.48. The van der Waals surface area contributed by atoms with Gasteiger partial charge in [0.1, 0.15) is 5.69 Å². The Morgan fingerprint density at radius 1 is 1.52 bits per heavy atom. The van der Waals surface area contributed by atoms with Gasteiger partial charge >= 0.3 is 6.09 Å². The monoisotopic (exact) mass is 355 g/mol. The molecule has 2 amide bonds. The van der Waals surface area contributed by atoms with E-state index in [2.05, 4.69) is 26.2 Å². The van der Waals surface area contributed by atoms with E-state index in [1.807, 2.05) is 0 Å². The van der Waals surface area contributed by atoms with Gasteiger partial charge in [-0.15, -0.1) is 0 Å². The van der Waals surface area contributed by atoms with Crippen molar-refractivity contribution < 1.29 is 14.3 Å². The van der Waals surface area contributed by atoms with Crippen molar-refractivity contribution in [3.63, 3.8) is 0 Å². The van der Waals surface area contributed by atoms with Crippen molar-refractivity contribution in [2.45, 2.75) is 25.8 Å². The van der Waals surface area contributed by atoms with Gasteiger partial charge in [0, 0.05) is 29.8 Å². The number of carbonyl (C=O) groups is 2. The van der Waals surface area contributed by atoms with Crippen LogP contribution in [0, 0.1) is 0 Å². The van der Waals surface area contributed by atoms with Crippen molar-refractivity contribution in [1.29, 1.82) is 0 Å². The minimum atomic E-state index is -0.432. The second kappa shape index (κ2) is 7.40. The third kappa shape index (κ3) is 4.42. The Morgan fingerprint density at radius 2 is 2.33 bits per heavy atom. The lowest BCUT2D eigenvalue weighted by Gasteiger charge is -2.32. The molecular weight excluding hydrogens is 338 g/mol. The number of carbonyl (C=O) groups excluding carboxylic acids is 2. The highest BCUT2D eigenvalue weighted by molar-refractivity contribution is 9.10. The molecule has 0 saturated carbocycles. The van der Waals surface area contributed by atoms with Crippen LogP contribution in [0.25, 0.3) is 0 Å². The Labute approximate surface area is 132 Å². The molecule has 0 spiro atoms. The van der Waals surface area contributed by atoms with Crippen LogP contribution in [0.15, 0.2) is 22.8 Å². The molecule has 6 nitrogen and oxygen atoms in total. The molecule has 1 atom stereocenters. The molecule has 1 unspecified atom stereocenters. The summed E-state index contributed by atoms with van der Waals surface area (Å²) < 4.78 is 5.70. The second-order valence-corrected chi connectivity index (χ2v) is 5.73. The molecule has 0 radical (unpaired) electrons. The highest BCUT2D eigenvalue weighted by Gasteiger charge is 2.26. The first kappa shape index (κ1) is 15.8. The van der Waals surface area contributed by atoms with Gasteiger partial charge in [0.2, 0.25) is 0 Å². The van der Waals surface area contributed by atoms with Gasteiger partial charge in [0.25, 0.3) is 5.91 Å². The molecule has 1 N–H and O–H groups in total. The molecule has 114 valence electrons. The Morgan fingerprint density at radius 3 is 3.00 bits per heavy atom. The summed E-state index contributed by atoms with van der Waals surface area (Å²) >= 11 is 3.29. The summed E-state index contributed by atoms with van der Waals surface area (Å²) in [5.41, 5.74) is 0.412. The number of alkyl carbamates (subject to hydrolysis) is 1. The van der Waals surface area contributed by atoms with Gasteiger partial charge in [0.15, 0.2) is 0 Å². The van der Waals surface area contributed by atoms with Gasteiger partial charge < -0.3 is 15.0 Å². The Hall–Kier alpha value is -1.63. The lowest BCUT2D eigenvalue weighted by atomic mass is 10.1. The van der Waals surface area contributed by atoms with Crippen LogP contribution < -0.4 is 5.32 Å². The van der Waals surface area contributed by atoms with Crippen LogP contribution >= 0.6 is 15.9 Å². The smallest absolute Gasteiger partial charge is 0.407 e. The van der Waals surface area contributed by atoms with Crippen molar-refractivity contribution >= 4 is 27.9 Å². The first-order valence-corrected chi connectivity index (χ1v) is 7.73. The summed E-state index contributed by atoms with van der Waals surface area (Å²) in [6.45, 7) is 3.26. The fourth-order valence-electron chi connectivity index (χ4n) is 2.28. The minimum Gasteiger partial charge on any atom is -0.450 e. The zero-order valence-corrected chi connectivity index (χ0v) is 13.4. The Kier molecular flexibility index (Phi) is 5.55. The molecule has 21 heavy (non-hydrogen) atoms. The number of halogens is 1. The normalized spacial score (nSPS) is 18.2. The largest absolute Gasteiger partial charge is 0.450 e. The number of likely N-dealkylation sites (tertiary alicyclic amines) is 1. The maximum Gasteiger partial charge on any atom is 0.407 e. The standard InChI is InChI=1S/C14H18BrN3O3/c1-2-21-14(20)17-11-4-3-7-18(9-11)13(19)12-6-5-10(15)8-16-12/h5-6,8,11H,2-4,7,9H2,1H3,(H,17,20). The van der Waals surface area contributed by atoms with E-state index in [4.69, 9.17) is 4.74 Å². The summed E-state index contributed by atoms with van der Waals surface area (Å²) in [5, 5.41) is 2.78. The van der Waals surface area contributed by atoms with Crippen LogP contribution in [0.5, 0.6) is 0 Å². The van der Waals surface area contributed by atoms with Crippen LogP contribution in [0.3, 0.4) is 0 Å². The number of hydrogen-bond donors (Lipinski definition) is 1. The van der Waals surface area contributed by atoms with Gasteiger partial charge in [-0.05, 0) is 47.8 Å². The quantitative estimate of drug-likeness (QED) is 0.901. The van der Waals surface area contributed by atoms with Crippen molar-refractivity contribution in [3.05, 3.63) is 28.5 Å². The molecule has 1 fully saturated rings. The fraction of sp³-hybridized carbons (Fsp3) is 0.500. The van der Waals surface area contributed by atoms with E-state index >= 15 is 0 Å². The van der Waals surface area contributed by atoms with E-state index in [0.29, 0.717) is 25.4 Å². The predicted octanol–water partition coefficient (Wildman–Crippen LogP) is 2.19. The van der Waals surface area contributed by atoms with Crippen molar-refractivity contribution in [2.75, 3.05) is 19.7 Å². The summed E-state index contributed by atoms with van der Waals surface area (Å²) in [6, 6.07) is 3.41. The predicted molar refractivity (Wildman–Crippen MR) is 81.0 cm³/mol. The number of pyridine rings is 1. The van der Waals surface area contributed by atoms with Crippen LogP contribution in [0.2, 0.25) is 0 Å². The van der Waals surface area contributed by atoms with Gasteiger partial charge in [-0.25, -0.2) is 9.78 Å². The van der Waals surface area contributed by atoms with Crippen molar-refractivity contribution in [2.24, 2.45) is 0 Å². The number of aromatic nitrogens is 1. The molecule has 7 heteroatoms. The van der Waals surface area contributed by atoms with E-state index in [1.54, 1.807) is 30.2 Å². The number of rotatable bonds is 3. The maximum absolute atomic E-state index is 12.4. The zero-order valence-electron chi connectivity index (χ0n) is 11.8. The van der Waals surface area contributed by atoms with Crippen LogP contribution in [0.4, 0.5) is 4.79 Å². The molecule has 0 aromatic carbocycles. The summed E-state index contributed by atoms with van der Waals surface area (Å²) in [7, 11) is 0. The first-order chi connectivity index (χ1) is 10.1. The summed E-state index contributed by atoms with van der Waals surface area (Å²) in [5.74, 6) is -0.113. The average molecular weight is 356 g/mol. The number of amides is 2. The van der Waals surface area contributed by atoms with E-state index in [1.165, 1.54) is 0 Å². The number of nitrogens with one attached hydrogen (secondary N) is 1. The van der Waals surface area contributed by atoms with Gasteiger partial charge in [-0.2, -0.15) is 0 Å². The lowest BCUT2D eigenvalue weighted by Crippen LogP contribution is -2.49. The molecule has 1 saturated heterocycles. The maximum atomic E-state index is 12.4. The number of hydrogen-bond acceptors (Lipinski definition) is 4. The highest BCUT2D eigenvalue weighted by atomic mass is 79.9. The van der Waals surface area contributed by atoms with Crippen molar-refractivity contribution in [3.8, 4) is 0 Å². The molecule has 1 aliphatic heterocycles. The van der Waals surface area contributed by atoms with E-state index in [9.17, 15) is 9.59 Å². The zero-order chi connectivity index (χ0) is 15.2. The lowest BCUT2D eigenvalue weighted by molar-refractivity contribution is 0.0680. The highest BCUT2D eigenvalue weighted by Crippen LogP contribution is 2.14. The molecule has 1 aliphatic rings. The SMILES string of the molecule is CCOC(=O)NC1CCCN(C(=O)c2ccc(Br)cn2)C1. The van der Waals surface area contributed by atoms with Gasteiger partial charge in [-0.3, -0.25) is 4.79 Å². The number of nitrogens with zero attached hydrogens (tertiary/aromatic N) is 2. The third-order valence-electron chi connectivity index (χ3n) is 3.25.